The Morgan fingerprint density at radius 2 is 1.67 bits per heavy atom. The molecule has 5 nitrogen and oxygen atoms in total. The number of rotatable bonds is 6. The normalized spacial score (nSPS) is 19.0. The van der Waals surface area contributed by atoms with Crippen LogP contribution in [0.25, 0.3) is 0 Å². The largest absolute Gasteiger partial charge is 0.480 e. The topological polar surface area (TPSA) is 74.7 Å². The Hall–Kier alpha value is -2.25. The van der Waals surface area contributed by atoms with Crippen molar-refractivity contribution in [1.82, 2.24) is 4.90 Å². The van der Waals surface area contributed by atoms with Gasteiger partial charge in [0.15, 0.2) is 0 Å². The molecule has 2 aromatic carbocycles. The van der Waals surface area contributed by atoms with Crippen LogP contribution >= 0.6 is 23.5 Å². The second-order valence-corrected chi connectivity index (χ2v) is 8.18. The molecular weight excluding hydrogens is 382 g/mol. The minimum Gasteiger partial charge on any atom is -0.480 e. The summed E-state index contributed by atoms with van der Waals surface area (Å²) in [6, 6.07) is 17.5. The van der Waals surface area contributed by atoms with E-state index in [4.69, 9.17) is 0 Å². The summed E-state index contributed by atoms with van der Waals surface area (Å²) in [4.78, 5) is 38.0. The van der Waals surface area contributed by atoms with Crippen LogP contribution in [0.2, 0.25) is 0 Å². The Labute approximate surface area is 166 Å². The van der Waals surface area contributed by atoms with Crippen molar-refractivity contribution in [2.24, 2.45) is 0 Å². The third-order valence-electron chi connectivity index (χ3n) is 4.22. The van der Waals surface area contributed by atoms with Crippen LogP contribution in [0.1, 0.15) is 27.7 Å². The molecule has 2 atom stereocenters. The number of thioether (sulfide) groups is 2. The fourth-order valence-corrected chi connectivity index (χ4v) is 5.10. The lowest BCUT2D eigenvalue weighted by atomic mass is 10.1. The Balaban J connectivity index is 1.65. The van der Waals surface area contributed by atoms with Crippen LogP contribution in [0.15, 0.2) is 60.7 Å². The molecule has 2 unspecified atom stereocenters. The molecule has 1 amide bonds. The van der Waals surface area contributed by atoms with Crippen LogP contribution in [0.3, 0.4) is 0 Å². The quantitative estimate of drug-likeness (QED) is 0.796. The smallest absolute Gasteiger partial charge is 0.327 e. The molecule has 0 aliphatic carbocycles. The number of amides is 1. The van der Waals surface area contributed by atoms with Crippen LogP contribution in [0.5, 0.6) is 0 Å². The molecule has 2 aromatic rings. The fourth-order valence-electron chi connectivity index (χ4n) is 2.89. The highest BCUT2D eigenvalue weighted by Crippen LogP contribution is 2.41. The Bertz CT molecular complexity index is 813. The molecule has 1 aliphatic rings. The van der Waals surface area contributed by atoms with Crippen LogP contribution in [-0.2, 0) is 9.59 Å². The van der Waals surface area contributed by atoms with Crippen molar-refractivity contribution in [3.8, 4) is 0 Å². The minimum absolute atomic E-state index is 0.0893. The van der Waals surface area contributed by atoms with Gasteiger partial charge in [0.1, 0.15) is 11.4 Å². The van der Waals surface area contributed by atoms with Crippen molar-refractivity contribution in [1.29, 1.82) is 0 Å². The first-order chi connectivity index (χ1) is 13.1. The van der Waals surface area contributed by atoms with E-state index in [1.807, 2.05) is 36.4 Å². The maximum absolute atomic E-state index is 12.8. The predicted octanol–water partition coefficient (Wildman–Crippen LogP) is 3.68. The van der Waals surface area contributed by atoms with Gasteiger partial charge in [0.05, 0.1) is 0 Å². The molecule has 1 saturated heterocycles. The average molecular weight is 402 g/mol. The van der Waals surface area contributed by atoms with Crippen LogP contribution in [0.4, 0.5) is 0 Å². The number of nitrogens with zero attached hydrogens (tertiary/aromatic N) is 1. The zero-order valence-corrected chi connectivity index (χ0v) is 16.1. The van der Waals surface area contributed by atoms with E-state index in [0.717, 1.165) is 17.3 Å². The molecule has 0 spiro atoms. The lowest BCUT2D eigenvalue weighted by Gasteiger charge is -2.27. The van der Waals surface area contributed by atoms with Crippen LogP contribution in [-0.4, -0.2) is 44.5 Å². The van der Waals surface area contributed by atoms with Crippen LogP contribution in [0, 0.1) is 0 Å². The van der Waals surface area contributed by atoms with Gasteiger partial charge >= 0.3 is 5.97 Å². The molecule has 0 radical (unpaired) electrons. The molecule has 1 heterocycles. The fraction of sp³-hybridized carbons (Fsp3) is 0.250. The molecule has 27 heavy (non-hydrogen) atoms. The van der Waals surface area contributed by atoms with Gasteiger partial charge in [-0.1, -0.05) is 72.4 Å². The molecule has 3 rings (SSSR count). The van der Waals surface area contributed by atoms with Gasteiger partial charge in [0.2, 0.25) is 11.0 Å². The van der Waals surface area contributed by atoms with Gasteiger partial charge in [-0.25, -0.2) is 4.79 Å². The number of carboxylic acid groups (broad SMARTS) is 1. The highest BCUT2D eigenvalue weighted by molar-refractivity contribution is 8.14. The lowest BCUT2D eigenvalue weighted by molar-refractivity contribution is -0.149. The Morgan fingerprint density at radius 1 is 1.04 bits per heavy atom. The van der Waals surface area contributed by atoms with Crippen molar-refractivity contribution in [3.05, 3.63) is 71.8 Å². The van der Waals surface area contributed by atoms with E-state index < -0.39 is 12.0 Å². The van der Waals surface area contributed by atoms with Crippen molar-refractivity contribution >= 4 is 40.5 Å². The van der Waals surface area contributed by atoms with Crippen molar-refractivity contribution in [2.45, 2.75) is 17.8 Å². The van der Waals surface area contributed by atoms with Gasteiger partial charge < -0.3 is 10.0 Å². The summed E-state index contributed by atoms with van der Waals surface area (Å²) in [6.07, 6.45) is 0.122. The number of aliphatic carboxylic acids is 1. The summed E-state index contributed by atoms with van der Waals surface area (Å²) in [5.41, 5.74) is 1.50. The maximum atomic E-state index is 12.8. The summed E-state index contributed by atoms with van der Waals surface area (Å²) in [6.45, 7) is 0. The van der Waals surface area contributed by atoms with E-state index in [1.165, 1.54) is 16.7 Å². The molecule has 140 valence electrons. The van der Waals surface area contributed by atoms with E-state index in [2.05, 4.69) is 0 Å². The van der Waals surface area contributed by atoms with E-state index in [9.17, 15) is 19.5 Å². The van der Waals surface area contributed by atoms with E-state index in [1.54, 1.807) is 24.3 Å². The first kappa shape index (κ1) is 19.5. The summed E-state index contributed by atoms with van der Waals surface area (Å²) < 4.78 is 0. The van der Waals surface area contributed by atoms with E-state index in [0.29, 0.717) is 17.1 Å². The van der Waals surface area contributed by atoms with Gasteiger partial charge in [0, 0.05) is 23.5 Å². The van der Waals surface area contributed by atoms with Crippen LogP contribution < -0.4 is 0 Å². The van der Waals surface area contributed by atoms with Gasteiger partial charge in [-0.3, -0.25) is 9.59 Å². The third kappa shape index (κ3) is 4.73. The summed E-state index contributed by atoms with van der Waals surface area (Å²) >= 11 is 2.54. The number of benzene rings is 2. The maximum Gasteiger partial charge on any atom is 0.327 e. The van der Waals surface area contributed by atoms with Gasteiger partial charge in [-0.2, -0.15) is 0 Å². The molecule has 0 saturated carbocycles. The molecule has 7 heteroatoms. The molecule has 1 aliphatic heterocycles. The second kappa shape index (κ2) is 9.10. The Morgan fingerprint density at radius 3 is 2.30 bits per heavy atom. The first-order valence-corrected chi connectivity index (χ1v) is 10.5. The SMILES string of the molecule is O=C(SCCC(=O)N1C(C(=O)O)CSC1c1ccccc1)c1ccccc1. The van der Waals surface area contributed by atoms with Gasteiger partial charge in [-0.15, -0.1) is 11.8 Å². The zero-order valence-electron chi connectivity index (χ0n) is 14.5. The molecule has 1 N–H and O–H groups in total. The second-order valence-electron chi connectivity index (χ2n) is 6.00. The molecule has 1 fully saturated rings. The molecule has 0 aromatic heterocycles. The number of hydrogen-bond donors (Lipinski definition) is 1. The van der Waals surface area contributed by atoms with Crippen molar-refractivity contribution < 1.29 is 19.5 Å². The number of hydrogen-bond acceptors (Lipinski definition) is 5. The molecule has 0 bridgehead atoms. The number of carbonyl (C=O) groups excluding carboxylic acids is 2. The van der Waals surface area contributed by atoms with E-state index >= 15 is 0 Å². The monoisotopic (exact) mass is 401 g/mol. The van der Waals surface area contributed by atoms with E-state index in [-0.39, 0.29) is 22.8 Å². The first-order valence-electron chi connectivity index (χ1n) is 8.50. The minimum atomic E-state index is -0.998. The summed E-state index contributed by atoms with van der Waals surface area (Å²) in [5.74, 6) is -0.560. The highest BCUT2D eigenvalue weighted by atomic mass is 32.2. The van der Waals surface area contributed by atoms with Crippen molar-refractivity contribution in [2.75, 3.05) is 11.5 Å². The third-order valence-corrected chi connectivity index (χ3v) is 6.45. The summed E-state index contributed by atoms with van der Waals surface area (Å²) in [5, 5.41) is 9.09. The number of carbonyl (C=O) groups is 3. The standard InChI is InChI=1S/C20H19NO4S2/c22-17(11-12-26-20(25)15-9-5-2-6-10-15)21-16(19(23)24)13-27-18(21)14-7-3-1-4-8-14/h1-10,16,18H,11-13H2,(H,23,24). The van der Waals surface area contributed by atoms with Gasteiger partial charge in [-0.05, 0) is 5.56 Å². The number of carboxylic acids is 1. The van der Waals surface area contributed by atoms with Gasteiger partial charge in [0.25, 0.3) is 0 Å². The Kier molecular flexibility index (Phi) is 6.58. The average Bonchev–Trinajstić information content (AvgIpc) is 3.15. The highest BCUT2D eigenvalue weighted by Gasteiger charge is 2.41. The molecular formula is C20H19NO4S2. The lowest BCUT2D eigenvalue weighted by Crippen LogP contribution is -2.43. The van der Waals surface area contributed by atoms with Crippen molar-refractivity contribution in [3.63, 3.8) is 0 Å². The predicted molar refractivity (Wildman–Crippen MR) is 108 cm³/mol. The summed E-state index contributed by atoms with van der Waals surface area (Å²) in [7, 11) is 0. The zero-order chi connectivity index (χ0) is 19.2.